The van der Waals surface area contributed by atoms with Crippen molar-refractivity contribution >= 4 is 17.7 Å². The average molecular weight is 239 g/mol. The van der Waals surface area contributed by atoms with E-state index < -0.39 is 5.97 Å². The van der Waals surface area contributed by atoms with Crippen molar-refractivity contribution < 1.29 is 9.90 Å². The lowest BCUT2D eigenvalue weighted by molar-refractivity contribution is -0.137. The van der Waals surface area contributed by atoms with Crippen molar-refractivity contribution in [1.29, 1.82) is 0 Å². The predicted molar refractivity (Wildman–Crippen MR) is 66.8 cm³/mol. The molecule has 0 aliphatic carbocycles. The molecule has 0 heterocycles. The standard InChI is InChI=1S/C12H17NO2S/c1-13(8-7-12(14)15)9-10-3-5-11(16-2)6-4-10/h3-6H,7-9H2,1-2H3,(H,14,15). The molecule has 4 heteroatoms. The van der Waals surface area contributed by atoms with Gasteiger partial charge in [-0.05, 0) is 31.0 Å². The van der Waals surface area contributed by atoms with Gasteiger partial charge in [-0.25, -0.2) is 0 Å². The zero-order valence-electron chi connectivity index (χ0n) is 9.64. The molecule has 0 aliphatic heterocycles. The van der Waals surface area contributed by atoms with Crippen molar-refractivity contribution in [2.24, 2.45) is 0 Å². The van der Waals surface area contributed by atoms with Crippen LogP contribution in [0, 0.1) is 0 Å². The first-order chi connectivity index (χ1) is 7.61. The van der Waals surface area contributed by atoms with Crippen molar-refractivity contribution in [3.8, 4) is 0 Å². The van der Waals surface area contributed by atoms with E-state index in [0.717, 1.165) is 6.54 Å². The molecule has 0 spiro atoms. The fourth-order valence-corrected chi connectivity index (χ4v) is 1.82. The lowest BCUT2D eigenvalue weighted by Crippen LogP contribution is -2.21. The molecule has 1 aromatic carbocycles. The average Bonchev–Trinajstić information content (AvgIpc) is 2.27. The van der Waals surface area contributed by atoms with E-state index in [0.29, 0.717) is 6.54 Å². The Morgan fingerprint density at radius 2 is 2.00 bits per heavy atom. The van der Waals surface area contributed by atoms with Gasteiger partial charge >= 0.3 is 5.97 Å². The number of carboxylic acids is 1. The third kappa shape index (κ3) is 4.68. The molecule has 16 heavy (non-hydrogen) atoms. The SMILES string of the molecule is CSc1ccc(CN(C)CCC(=O)O)cc1. The summed E-state index contributed by atoms with van der Waals surface area (Å²) in [4.78, 5) is 13.7. The second-order valence-corrected chi connectivity index (χ2v) is 4.61. The zero-order valence-corrected chi connectivity index (χ0v) is 10.5. The molecule has 0 bridgehead atoms. The van der Waals surface area contributed by atoms with E-state index in [1.54, 1.807) is 11.8 Å². The van der Waals surface area contributed by atoms with Gasteiger partial charge in [-0.1, -0.05) is 12.1 Å². The number of rotatable bonds is 6. The lowest BCUT2D eigenvalue weighted by atomic mass is 10.2. The highest BCUT2D eigenvalue weighted by Gasteiger charge is 2.03. The molecule has 0 aromatic heterocycles. The van der Waals surface area contributed by atoms with E-state index in [1.165, 1.54) is 10.5 Å². The lowest BCUT2D eigenvalue weighted by Gasteiger charge is -2.15. The van der Waals surface area contributed by atoms with Crippen LogP contribution in [0.5, 0.6) is 0 Å². The van der Waals surface area contributed by atoms with Crippen LogP contribution in [-0.4, -0.2) is 35.8 Å². The minimum absolute atomic E-state index is 0.194. The van der Waals surface area contributed by atoms with Crippen LogP contribution in [0.2, 0.25) is 0 Å². The number of aliphatic carboxylic acids is 1. The number of hydrogen-bond acceptors (Lipinski definition) is 3. The number of thioether (sulfide) groups is 1. The molecule has 0 saturated heterocycles. The van der Waals surface area contributed by atoms with Gasteiger partial charge in [-0.3, -0.25) is 4.79 Å². The van der Waals surface area contributed by atoms with Crippen LogP contribution in [-0.2, 0) is 11.3 Å². The molecule has 88 valence electrons. The van der Waals surface area contributed by atoms with Crippen molar-refractivity contribution in [1.82, 2.24) is 4.90 Å². The molecular formula is C12H17NO2S. The number of nitrogens with zero attached hydrogens (tertiary/aromatic N) is 1. The summed E-state index contributed by atoms with van der Waals surface area (Å²) < 4.78 is 0. The maximum absolute atomic E-state index is 10.4. The van der Waals surface area contributed by atoms with Crippen LogP contribution in [0.15, 0.2) is 29.2 Å². The molecule has 0 unspecified atom stereocenters. The summed E-state index contributed by atoms with van der Waals surface area (Å²) in [7, 11) is 1.94. The minimum Gasteiger partial charge on any atom is -0.481 e. The van der Waals surface area contributed by atoms with Crippen molar-refractivity contribution in [2.75, 3.05) is 19.8 Å². The molecule has 0 aliphatic rings. The van der Waals surface area contributed by atoms with Gasteiger partial charge in [0.2, 0.25) is 0 Å². The van der Waals surface area contributed by atoms with Crippen molar-refractivity contribution in [3.63, 3.8) is 0 Å². The fourth-order valence-electron chi connectivity index (χ4n) is 1.41. The monoisotopic (exact) mass is 239 g/mol. The summed E-state index contributed by atoms with van der Waals surface area (Å²) >= 11 is 1.72. The Labute approximate surface area is 100 Å². The second kappa shape index (κ2) is 6.55. The summed E-state index contributed by atoms with van der Waals surface area (Å²) in [6.07, 6.45) is 2.24. The van der Waals surface area contributed by atoms with Crippen LogP contribution in [0.25, 0.3) is 0 Å². The molecule has 0 atom stereocenters. The predicted octanol–water partition coefficient (Wildman–Crippen LogP) is 2.32. The second-order valence-electron chi connectivity index (χ2n) is 3.73. The molecule has 0 amide bonds. The molecule has 0 fully saturated rings. The first-order valence-corrected chi connectivity index (χ1v) is 6.37. The molecule has 3 nitrogen and oxygen atoms in total. The quantitative estimate of drug-likeness (QED) is 0.773. The molecular weight excluding hydrogens is 222 g/mol. The normalized spacial score (nSPS) is 10.7. The van der Waals surface area contributed by atoms with Gasteiger partial charge in [0.05, 0.1) is 6.42 Å². The first-order valence-electron chi connectivity index (χ1n) is 5.15. The van der Waals surface area contributed by atoms with Gasteiger partial charge in [0.15, 0.2) is 0 Å². The Bertz CT molecular complexity index is 337. The topological polar surface area (TPSA) is 40.5 Å². The van der Waals surface area contributed by atoms with Crippen molar-refractivity contribution in [2.45, 2.75) is 17.9 Å². The molecule has 0 saturated carbocycles. The number of carbonyl (C=O) groups is 1. The zero-order chi connectivity index (χ0) is 12.0. The third-order valence-corrected chi connectivity index (χ3v) is 3.06. The Hall–Kier alpha value is -1.00. The highest BCUT2D eigenvalue weighted by atomic mass is 32.2. The van der Waals surface area contributed by atoms with Gasteiger partial charge in [0.25, 0.3) is 0 Å². The van der Waals surface area contributed by atoms with E-state index in [-0.39, 0.29) is 6.42 Å². The van der Waals surface area contributed by atoms with Gasteiger partial charge in [-0.15, -0.1) is 11.8 Å². The molecule has 1 aromatic rings. The summed E-state index contributed by atoms with van der Waals surface area (Å²) in [5, 5.41) is 8.57. The Morgan fingerprint density at radius 1 is 1.38 bits per heavy atom. The Balaban J connectivity index is 2.43. The fraction of sp³-hybridized carbons (Fsp3) is 0.417. The summed E-state index contributed by atoms with van der Waals surface area (Å²) in [6.45, 7) is 1.38. The highest BCUT2D eigenvalue weighted by molar-refractivity contribution is 7.98. The maximum atomic E-state index is 10.4. The number of benzene rings is 1. The largest absolute Gasteiger partial charge is 0.481 e. The van der Waals surface area contributed by atoms with Crippen LogP contribution in [0.4, 0.5) is 0 Å². The van der Waals surface area contributed by atoms with Gasteiger partial charge < -0.3 is 10.0 Å². The summed E-state index contributed by atoms with van der Waals surface area (Å²) in [5.41, 5.74) is 1.21. The third-order valence-electron chi connectivity index (χ3n) is 2.32. The Morgan fingerprint density at radius 3 is 2.50 bits per heavy atom. The Kier molecular flexibility index (Phi) is 5.35. The van der Waals surface area contributed by atoms with Gasteiger partial charge in [-0.2, -0.15) is 0 Å². The molecule has 1 N–H and O–H groups in total. The van der Waals surface area contributed by atoms with E-state index in [9.17, 15) is 4.79 Å². The highest BCUT2D eigenvalue weighted by Crippen LogP contribution is 2.15. The summed E-state index contributed by atoms with van der Waals surface area (Å²) in [5.74, 6) is -0.746. The number of hydrogen-bond donors (Lipinski definition) is 1. The maximum Gasteiger partial charge on any atom is 0.304 e. The van der Waals surface area contributed by atoms with Gasteiger partial charge in [0.1, 0.15) is 0 Å². The van der Waals surface area contributed by atoms with Crippen molar-refractivity contribution in [3.05, 3.63) is 29.8 Å². The summed E-state index contributed by atoms with van der Waals surface area (Å²) in [6, 6.07) is 8.35. The van der Waals surface area contributed by atoms with E-state index in [4.69, 9.17) is 5.11 Å². The first kappa shape index (κ1) is 13.1. The van der Waals surface area contributed by atoms with Crippen LogP contribution < -0.4 is 0 Å². The van der Waals surface area contributed by atoms with Gasteiger partial charge in [0, 0.05) is 18.0 Å². The van der Waals surface area contributed by atoms with E-state index >= 15 is 0 Å². The van der Waals surface area contributed by atoms with Crippen LogP contribution >= 0.6 is 11.8 Å². The van der Waals surface area contributed by atoms with Crippen LogP contribution in [0.3, 0.4) is 0 Å². The molecule has 0 radical (unpaired) electrons. The smallest absolute Gasteiger partial charge is 0.304 e. The van der Waals surface area contributed by atoms with Crippen LogP contribution in [0.1, 0.15) is 12.0 Å². The van der Waals surface area contributed by atoms with E-state index in [1.807, 2.05) is 18.2 Å². The van der Waals surface area contributed by atoms with E-state index in [2.05, 4.69) is 24.3 Å². The molecule has 1 rings (SSSR count). The minimum atomic E-state index is -0.746. The number of carboxylic acid groups (broad SMARTS) is 1.